The molecule has 0 bridgehead atoms. The maximum absolute atomic E-state index is 11.2. The second kappa shape index (κ2) is 3.55. The molecule has 7 heteroatoms. The van der Waals surface area contributed by atoms with E-state index in [0.29, 0.717) is 6.42 Å². The molecule has 0 aromatic rings. The lowest BCUT2D eigenvalue weighted by Gasteiger charge is -2.24. The minimum Gasteiger partial charge on any atom is -0.300 e. The summed E-state index contributed by atoms with van der Waals surface area (Å²) in [5.41, 5.74) is 5.39. The topological polar surface area (TPSA) is 94.3 Å². The minimum atomic E-state index is -3.79. The van der Waals surface area contributed by atoms with Gasteiger partial charge in [0.1, 0.15) is 0 Å². The first-order chi connectivity index (χ1) is 5.56. The second-order valence-corrected chi connectivity index (χ2v) is 7.91. The van der Waals surface area contributed by atoms with Gasteiger partial charge in [-0.2, -0.15) is 0 Å². The summed E-state index contributed by atoms with van der Waals surface area (Å²) < 4.78 is 42.6. The molecule has 80 valence electrons. The van der Waals surface area contributed by atoms with Gasteiger partial charge in [0.15, 0.2) is 19.7 Å². The lowest BCUT2D eigenvalue weighted by Crippen LogP contribution is -2.53. The fourth-order valence-corrected chi connectivity index (χ4v) is 4.34. The van der Waals surface area contributed by atoms with Gasteiger partial charge in [0.2, 0.25) is 4.20 Å². The third kappa shape index (κ3) is 2.41. The highest BCUT2D eigenvalue weighted by Gasteiger charge is 2.45. The van der Waals surface area contributed by atoms with E-state index in [1.54, 1.807) is 6.92 Å². The molecule has 5 nitrogen and oxygen atoms in total. The summed E-state index contributed by atoms with van der Waals surface area (Å²) in [6.07, 6.45) is 1.99. The Labute approximate surface area is 79.2 Å². The van der Waals surface area contributed by atoms with Crippen molar-refractivity contribution in [1.29, 1.82) is 0 Å². The van der Waals surface area contributed by atoms with Crippen molar-refractivity contribution in [3.8, 4) is 0 Å². The van der Waals surface area contributed by atoms with Gasteiger partial charge in [-0.3, -0.25) is 5.73 Å². The Balaban J connectivity index is 5.50. The van der Waals surface area contributed by atoms with Crippen LogP contribution in [0.4, 0.5) is 0 Å². The van der Waals surface area contributed by atoms with E-state index < -0.39 is 23.9 Å². The standard InChI is InChI=1S/C6H15NO4S2/c1-4-5-6(7,12(2,8)9)13(3,10)11/h4-5,7H2,1-3H3. The van der Waals surface area contributed by atoms with Crippen LogP contribution in [0.2, 0.25) is 0 Å². The van der Waals surface area contributed by atoms with Gasteiger partial charge in [-0.1, -0.05) is 13.3 Å². The van der Waals surface area contributed by atoms with Crippen LogP contribution < -0.4 is 5.73 Å². The highest BCUT2D eigenvalue weighted by molar-refractivity contribution is 8.09. The number of hydrogen-bond acceptors (Lipinski definition) is 5. The fourth-order valence-electron chi connectivity index (χ4n) is 0.994. The van der Waals surface area contributed by atoms with Gasteiger partial charge in [-0.05, 0) is 6.42 Å². The number of nitrogens with two attached hydrogens (primary N) is 1. The summed E-state index contributed by atoms with van der Waals surface area (Å²) in [5.74, 6) is 0. The van der Waals surface area contributed by atoms with Gasteiger partial charge in [0, 0.05) is 12.5 Å². The number of hydrogen-bond donors (Lipinski definition) is 1. The molecule has 2 N–H and O–H groups in total. The Bertz CT molecular complexity index is 335. The van der Waals surface area contributed by atoms with Gasteiger partial charge < -0.3 is 0 Å². The molecular formula is C6H15NO4S2. The molecule has 0 saturated carbocycles. The van der Waals surface area contributed by atoms with Crippen molar-refractivity contribution in [2.75, 3.05) is 12.5 Å². The summed E-state index contributed by atoms with van der Waals surface area (Å²) in [7, 11) is -7.59. The zero-order chi connectivity index (χ0) is 10.9. The maximum atomic E-state index is 11.2. The lowest BCUT2D eigenvalue weighted by molar-refractivity contribution is 0.532. The van der Waals surface area contributed by atoms with Crippen molar-refractivity contribution in [3.05, 3.63) is 0 Å². The summed E-state index contributed by atoms with van der Waals surface area (Å²) in [6, 6.07) is 0. The summed E-state index contributed by atoms with van der Waals surface area (Å²) in [4.78, 5) is 0. The molecule has 0 spiro atoms. The molecular weight excluding hydrogens is 214 g/mol. The second-order valence-electron chi connectivity index (χ2n) is 3.11. The molecule has 0 unspecified atom stereocenters. The predicted octanol–water partition coefficient (Wildman–Crippen LogP) is -0.512. The lowest BCUT2D eigenvalue weighted by atomic mass is 10.3. The molecule has 0 aliphatic rings. The molecule has 0 saturated heterocycles. The molecule has 0 aromatic carbocycles. The van der Waals surface area contributed by atoms with Gasteiger partial charge in [0.05, 0.1) is 0 Å². The van der Waals surface area contributed by atoms with E-state index in [1.807, 2.05) is 0 Å². The molecule has 0 amide bonds. The zero-order valence-electron chi connectivity index (χ0n) is 7.94. The quantitative estimate of drug-likeness (QED) is 0.700. The van der Waals surface area contributed by atoms with E-state index in [9.17, 15) is 16.8 Å². The van der Waals surface area contributed by atoms with E-state index in [-0.39, 0.29) is 6.42 Å². The summed E-state index contributed by atoms with van der Waals surface area (Å²) in [6.45, 7) is 1.68. The zero-order valence-corrected chi connectivity index (χ0v) is 9.57. The van der Waals surface area contributed by atoms with Crippen molar-refractivity contribution < 1.29 is 16.8 Å². The maximum Gasteiger partial charge on any atom is 0.220 e. The van der Waals surface area contributed by atoms with Crippen molar-refractivity contribution in [2.24, 2.45) is 5.73 Å². The SMILES string of the molecule is CCCC(N)(S(C)(=O)=O)S(C)(=O)=O. The normalized spacial score (nSPS) is 14.5. The van der Waals surface area contributed by atoms with Crippen molar-refractivity contribution >= 4 is 19.7 Å². The van der Waals surface area contributed by atoms with Crippen molar-refractivity contribution in [3.63, 3.8) is 0 Å². The molecule has 0 heterocycles. The van der Waals surface area contributed by atoms with Crippen LogP contribution in [0.3, 0.4) is 0 Å². The molecule has 0 fully saturated rings. The van der Waals surface area contributed by atoms with Crippen molar-refractivity contribution in [1.82, 2.24) is 0 Å². The third-order valence-corrected chi connectivity index (χ3v) is 6.59. The highest BCUT2D eigenvalue weighted by atomic mass is 32.3. The van der Waals surface area contributed by atoms with E-state index in [4.69, 9.17) is 5.73 Å². The minimum absolute atomic E-state index is 0.0787. The average Bonchev–Trinajstić information content (AvgIpc) is 1.82. The van der Waals surface area contributed by atoms with Crippen LogP contribution in [0.15, 0.2) is 0 Å². The van der Waals surface area contributed by atoms with Crippen LogP contribution >= 0.6 is 0 Å². The van der Waals surface area contributed by atoms with Crippen LogP contribution in [0.5, 0.6) is 0 Å². The van der Waals surface area contributed by atoms with E-state index in [0.717, 1.165) is 12.5 Å². The predicted molar refractivity (Wildman–Crippen MR) is 51.5 cm³/mol. The van der Waals surface area contributed by atoms with Gasteiger partial charge >= 0.3 is 0 Å². The van der Waals surface area contributed by atoms with E-state index >= 15 is 0 Å². The largest absolute Gasteiger partial charge is 0.300 e. The fraction of sp³-hybridized carbons (Fsp3) is 1.00. The third-order valence-electron chi connectivity index (χ3n) is 1.85. The first kappa shape index (κ1) is 12.9. The van der Waals surface area contributed by atoms with E-state index in [1.165, 1.54) is 0 Å². The monoisotopic (exact) mass is 229 g/mol. The first-order valence-electron chi connectivity index (χ1n) is 3.74. The first-order valence-corrected chi connectivity index (χ1v) is 7.52. The van der Waals surface area contributed by atoms with Gasteiger partial charge in [-0.15, -0.1) is 0 Å². The van der Waals surface area contributed by atoms with Crippen LogP contribution in [0, 0.1) is 0 Å². The van der Waals surface area contributed by atoms with Crippen LogP contribution in [-0.4, -0.2) is 33.6 Å². The molecule has 0 aromatic heterocycles. The highest BCUT2D eigenvalue weighted by Crippen LogP contribution is 2.22. The smallest absolute Gasteiger partial charge is 0.220 e. The Kier molecular flexibility index (Phi) is 3.51. The van der Waals surface area contributed by atoms with Crippen LogP contribution in [0.1, 0.15) is 19.8 Å². The number of rotatable bonds is 4. The molecule has 0 aliphatic heterocycles. The Morgan fingerprint density at radius 3 is 1.46 bits per heavy atom. The summed E-state index contributed by atoms with van der Waals surface area (Å²) >= 11 is 0. The summed E-state index contributed by atoms with van der Waals surface area (Å²) in [5, 5.41) is 0. The van der Waals surface area contributed by atoms with Crippen LogP contribution in [-0.2, 0) is 19.7 Å². The molecule has 0 aliphatic carbocycles. The van der Waals surface area contributed by atoms with Crippen molar-refractivity contribution in [2.45, 2.75) is 24.0 Å². The van der Waals surface area contributed by atoms with Crippen LogP contribution in [0.25, 0.3) is 0 Å². The van der Waals surface area contributed by atoms with E-state index in [2.05, 4.69) is 0 Å². The number of sulfone groups is 2. The van der Waals surface area contributed by atoms with Gasteiger partial charge in [0.25, 0.3) is 0 Å². The molecule has 0 radical (unpaired) electrons. The molecule has 0 rings (SSSR count). The Morgan fingerprint density at radius 1 is 1.08 bits per heavy atom. The molecule has 13 heavy (non-hydrogen) atoms. The Hall–Kier alpha value is -0.140. The average molecular weight is 229 g/mol. The Morgan fingerprint density at radius 2 is 1.38 bits per heavy atom. The van der Waals surface area contributed by atoms with Gasteiger partial charge in [-0.25, -0.2) is 16.8 Å². The molecule has 0 atom stereocenters.